The van der Waals surface area contributed by atoms with Crippen LogP contribution in [-0.4, -0.2) is 53.7 Å². The topological polar surface area (TPSA) is 66.8 Å². The number of carbonyl (C=O) groups is 2. The van der Waals surface area contributed by atoms with E-state index in [1.165, 1.54) is 4.90 Å². The summed E-state index contributed by atoms with van der Waals surface area (Å²) in [5.74, 6) is -0.358. The van der Waals surface area contributed by atoms with Crippen molar-refractivity contribution in [3.63, 3.8) is 0 Å². The molecule has 3 aromatic rings. The molecule has 0 saturated carbocycles. The lowest BCUT2D eigenvalue weighted by atomic mass is 10.1. The molecule has 1 N–H and O–H groups in total. The minimum atomic E-state index is -0.233. The van der Waals surface area contributed by atoms with Crippen LogP contribution in [0, 0.1) is 0 Å². The van der Waals surface area contributed by atoms with E-state index in [0.717, 1.165) is 20.9 Å². The van der Waals surface area contributed by atoms with Crippen molar-refractivity contribution in [2.24, 2.45) is 0 Å². The monoisotopic (exact) mass is 560 g/mol. The number of rotatable bonds is 7. The fourth-order valence-electron chi connectivity index (χ4n) is 3.77. The van der Waals surface area contributed by atoms with Gasteiger partial charge in [-0.05, 0) is 60.8 Å². The predicted molar refractivity (Wildman–Crippen MR) is 142 cm³/mol. The van der Waals surface area contributed by atoms with Crippen LogP contribution in [-0.2, 0) is 20.9 Å². The van der Waals surface area contributed by atoms with Crippen LogP contribution in [0.25, 0.3) is 17.0 Å². The number of likely N-dealkylation sites (N-methyl/N-ethyl adjacent to an activating group) is 1. The molecule has 0 radical (unpaired) electrons. The third-order valence-corrected chi connectivity index (χ3v) is 6.66. The first-order valence-electron chi connectivity index (χ1n) is 10.4. The molecule has 2 aromatic carbocycles. The highest BCUT2D eigenvalue weighted by atomic mass is 79.9. The molecule has 0 unspecified atom stereocenters. The van der Waals surface area contributed by atoms with Crippen molar-refractivity contribution < 1.29 is 14.3 Å². The standard InChI is InChI=1S/C24H22BrClN4O3S/c1-28-21(23(32)30(24(28)34)18-6-4-17(26)5-7-18)11-15-13-29(14-22(31)27-9-10-33-2)20-8-3-16(25)12-19(15)20/h3-8,11-13H,9-10,14H2,1-2H3,(H,27,31)/b21-11-. The predicted octanol–water partition coefficient (Wildman–Crippen LogP) is 4.42. The number of anilines is 1. The summed E-state index contributed by atoms with van der Waals surface area (Å²) in [5.41, 5.74) is 2.76. The number of methoxy groups -OCH3 is 1. The normalized spacial score (nSPS) is 15.1. The highest BCUT2D eigenvalue weighted by Gasteiger charge is 2.37. The Morgan fingerprint density at radius 1 is 1.24 bits per heavy atom. The van der Waals surface area contributed by atoms with Crippen molar-refractivity contribution >= 4 is 79.3 Å². The average molecular weight is 562 g/mol. The van der Waals surface area contributed by atoms with Crippen molar-refractivity contribution in [1.82, 2.24) is 14.8 Å². The molecule has 1 aliphatic rings. The fourth-order valence-corrected chi connectivity index (χ4v) is 4.54. The number of amides is 2. The van der Waals surface area contributed by atoms with Crippen molar-refractivity contribution in [3.05, 3.63) is 69.4 Å². The van der Waals surface area contributed by atoms with Gasteiger partial charge in [0.15, 0.2) is 5.11 Å². The molecule has 0 aliphatic carbocycles. The molecule has 1 aliphatic heterocycles. The van der Waals surface area contributed by atoms with Crippen LogP contribution >= 0.6 is 39.7 Å². The van der Waals surface area contributed by atoms with Gasteiger partial charge in [-0.3, -0.25) is 14.5 Å². The Morgan fingerprint density at radius 2 is 1.97 bits per heavy atom. The number of aromatic nitrogens is 1. The number of nitrogens with one attached hydrogen (secondary N) is 1. The summed E-state index contributed by atoms with van der Waals surface area (Å²) in [4.78, 5) is 28.9. The smallest absolute Gasteiger partial charge is 0.281 e. The van der Waals surface area contributed by atoms with E-state index >= 15 is 0 Å². The molecule has 1 aromatic heterocycles. The van der Waals surface area contributed by atoms with Gasteiger partial charge in [-0.25, -0.2) is 0 Å². The highest BCUT2D eigenvalue weighted by Crippen LogP contribution is 2.32. The molecule has 0 atom stereocenters. The average Bonchev–Trinajstić information content (AvgIpc) is 3.24. The largest absolute Gasteiger partial charge is 0.383 e. The van der Waals surface area contributed by atoms with Gasteiger partial charge in [0.1, 0.15) is 12.2 Å². The van der Waals surface area contributed by atoms with Crippen LogP contribution in [0.4, 0.5) is 5.69 Å². The fraction of sp³-hybridized carbons (Fsp3) is 0.208. The highest BCUT2D eigenvalue weighted by molar-refractivity contribution is 9.10. The van der Waals surface area contributed by atoms with Crippen molar-refractivity contribution in [3.8, 4) is 0 Å². The van der Waals surface area contributed by atoms with Crippen LogP contribution in [0.1, 0.15) is 5.56 Å². The molecular formula is C24H22BrClN4O3S. The summed E-state index contributed by atoms with van der Waals surface area (Å²) in [6.07, 6.45) is 3.67. The van der Waals surface area contributed by atoms with E-state index in [9.17, 15) is 9.59 Å². The summed E-state index contributed by atoms with van der Waals surface area (Å²) >= 11 is 15.1. The molecule has 34 heavy (non-hydrogen) atoms. The van der Waals surface area contributed by atoms with E-state index in [4.69, 9.17) is 28.6 Å². The Morgan fingerprint density at radius 3 is 2.68 bits per heavy atom. The molecule has 10 heteroatoms. The molecule has 176 valence electrons. The van der Waals surface area contributed by atoms with Gasteiger partial charge in [0.2, 0.25) is 5.91 Å². The van der Waals surface area contributed by atoms with Crippen LogP contribution in [0.3, 0.4) is 0 Å². The van der Waals surface area contributed by atoms with Gasteiger partial charge in [-0.2, -0.15) is 0 Å². The maximum absolute atomic E-state index is 13.4. The van der Waals surface area contributed by atoms with Crippen LogP contribution in [0.5, 0.6) is 0 Å². The van der Waals surface area contributed by atoms with E-state index in [2.05, 4.69) is 21.2 Å². The first-order chi connectivity index (χ1) is 16.3. The lowest BCUT2D eigenvalue weighted by Gasteiger charge is -2.16. The molecule has 2 heterocycles. The quantitative estimate of drug-likeness (QED) is 0.263. The summed E-state index contributed by atoms with van der Waals surface area (Å²) in [7, 11) is 3.35. The second-order valence-electron chi connectivity index (χ2n) is 7.70. The van der Waals surface area contributed by atoms with E-state index < -0.39 is 0 Å². The third kappa shape index (κ3) is 4.88. The van der Waals surface area contributed by atoms with Gasteiger partial charge in [-0.15, -0.1) is 0 Å². The number of fused-ring (bicyclic) bond motifs is 1. The Hall–Kier alpha value is -2.72. The minimum Gasteiger partial charge on any atom is -0.383 e. The van der Waals surface area contributed by atoms with Crippen molar-refractivity contribution in [2.45, 2.75) is 6.54 Å². The third-order valence-electron chi connectivity index (χ3n) is 5.46. The summed E-state index contributed by atoms with van der Waals surface area (Å²) < 4.78 is 7.75. The first-order valence-corrected chi connectivity index (χ1v) is 12.0. The second kappa shape index (κ2) is 10.3. The second-order valence-corrected chi connectivity index (χ2v) is 9.42. The minimum absolute atomic E-state index is 0.125. The Balaban J connectivity index is 1.70. The zero-order chi connectivity index (χ0) is 24.4. The van der Waals surface area contributed by atoms with E-state index in [-0.39, 0.29) is 18.4 Å². The van der Waals surface area contributed by atoms with E-state index in [0.29, 0.717) is 34.7 Å². The molecule has 0 bridgehead atoms. The first kappa shape index (κ1) is 24.4. The molecular weight excluding hydrogens is 540 g/mol. The van der Waals surface area contributed by atoms with E-state index in [1.807, 2.05) is 29.0 Å². The maximum atomic E-state index is 13.4. The number of hydrogen-bond donors (Lipinski definition) is 1. The number of ether oxygens (including phenoxy) is 1. The number of thiocarbonyl (C=S) groups is 1. The zero-order valence-corrected chi connectivity index (χ0v) is 21.7. The number of nitrogens with zero attached hydrogens (tertiary/aromatic N) is 3. The SMILES string of the molecule is COCCNC(=O)Cn1cc(/C=C2/C(=O)N(c3ccc(Cl)cc3)C(=S)N2C)c2cc(Br)ccc21. The van der Waals surface area contributed by atoms with Gasteiger partial charge in [-0.1, -0.05) is 27.5 Å². The molecule has 1 fully saturated rings. The molecule has 0 spiro atoms. The van der Waals surface area contributed by atoms with Gasteiger partial charge >= 0.3 is 0 Å². The van der Waals surface area contributed by atoms with Gasteiger partial charge in [0.25, 0.3) is 5.91 Å². The number of carbonyl (C=O) groups excluding carboxylic acids is 2. The number of halogens is 2. The Kier molecular flexibility index (Phi) is 7.37. The molecule has 1 saturated heterocycles. The van der Waals surface area contributed by atoms with Crippen molar-refractivity contribution in [1.29, 1.82) is 0 Å². The maximum Gasteiger partial charge on any atom is 0.281 e. The summed E-state index contributed by atoms with van der Waals surface area (Å²) in [6, 6.07) is 12.8. The summed E-state index contributed by atoms with van der Waals surface area (Å²) in [5, 5.41) is 4.69. The Labute approximate surface area is 216 Å². The van der Waals surface area contributed by atoms with E-state index in [1.54, 1.807) is 49.4 Å². The molecule has 4 rings (SSSR count). The number of hydrogen-bond acceptors (Lipinski definition) is 4. The zero-order valence-electron chi connectivity index (χ0n) is 18.5. The van der Waals surface area contributed by atoms with Gasteiger partial charge in [0, 0.05) is 52.9 Å². The molecule has 2 amide bonds. The molecule has 7 nitrogen and oxygen atoms in total. The van der Waals surface area contributed by atoms with Crippen LogP contribution in [0.2, 0.25) is 5.02 Å². The van der Waals surface area contributed by atoms with Crippen LogP contribution in [0.15, 0.2) is 58.8 Å². The summed E-state index contributed by atoms with van der Waals surface area (Å²) in [6.45, 7) is 1.03. The Bertz CT molecular complexity index is 1310. The van der Waals surface area contributed by atoms with Crippen LogP contribution < -0.4 is 10.2 Å². The lowest BCUT2D eigenvalue weighted by Crippen LogP contribution is -2.31. The van der Waals surface area contributed by atoms with Crippen molar-refractivity contribution in [2.75, 3.05) is 32.2 Å². The lowest BCUT2D eigenvalue weighted by molar-refractivity contribution is -0.121. The number of benzene rings is 2. The van der Waals surface area contributed by atoms with Gasteiger partial charge < -0.3 is 19.5 Å². The van der Waals surface area contributed by atoms with Gasteiger partial charge in [0.05, 0.1) is 12.3 Å².